The zero-order valence-electron chi connectivity index (χ0n) is 14.2. The van der Waals surface area contributed by atoms with Crippen LogP contribution >= 0.6 is 0 Å². The quantitative estimate of drug-likeness (QED) is 0.857. The van der Waals surface area contributed by atoms with Gasteiger partial charge in [0.25, 0.3) is 0 Å². The van der Waals surface area contributed by atoms with Crippen molar-refractivity contribution in [2.75, 3.05) is 33.2 Å². The summed E-state index contributed by atoms with van der Waals surface area (Å²) in [4.78, 5) is 5.33. The van der Waals surface area contributed by atoms with Crippen LogP contribution in [0.5, 0.6) is 0 Å². The van der Waals surface area contributed by atoms with Crippen LogP contribution in [-0.4, -0.2) is 61.2 Å². The molecule has 5 unspecified atom stereocenters. The average molecular weight is 281 g/mol. The number of likely N-dealkylation sites (N-methyl/N-ethyl adjacent to an activating group) is 2. The fourth-order valence-corrected chi connectivity index (χ4v) is 4.70. The standard InChI is InChI=1S/C17H35N3/c1-6-18-16-11-13(2)10-14(3)17(16)20-9-7-8-19(5)12-15(20)4/h13-18H,6-12H2,1-5H3. The maximum absolute atomic E-state index is 3.79. The van der Waals surface area contributed by atoms with Gasteiger partial charge >= 0.3 is 0 Å². The minimum atomic E-state index is 0.685. The molecule has 20 heavy (non-hydrogen) atoms. The van der Waals surface area contributed by atoms with Crippen LogP contribution in [0.25, 0.3) is 0 Å². The van der Waals surface area contributed by atoms with E-state index in [2.05, 4.69) is 49.9 Å². The number of nitrogens with one attached hydrogen (secondary N) is 1. The van der Waals surface area contributed by atoms with E-state index in [0.717, 1.165) is 24.4 Å². The lowest BCUT2D eigenvalue weighted by molar-refractivity contribution is 0.0372. The normalized spacial score (nSPS) is 41.5. The van der Waals surface area contributed by atoms with Gasteiger partial charge in [0.2, 0.25) is 0 Å². The Hall–Kier alpha value is -0.120. The Morgan fingerprint density at radius 2 is 1.85 bits per heavy atom. The molecule has 0 spiro atoms. The highest BCUT2D eigenvalue weighted by Crippen LogP contribution is 2.34. The molecule has 1 N–H and O–H groups in total. The minimum absolute atomic E-state index is 0.685. The lowest BCUT2D eigenvalue weighted by Gasteiger charge is -2.48. The molecule has 0 aromatic heterocycles. The van der Waals surface area contributed by atoms with Crippen molar-refractivity contribution in [1.29, 1.82) is 0 Å². The average Bonchev–Trinajstić information content (AvgIpc) is 2.50. The highest BCUT2D eigenvalue weighted by atomic mass is 15.3. The maximum Gasteiger partial charge on any atom is 0.0278 e. The predicted octanol–water partition coefficient (Wildman–Crippen LogP) is 2.43. The minimum Gasteiger partial charge on any atom is -0.313 e. The largest absolute Gasteiger partial charge is 0.313 e. The molecule has 0 aromatic rings. The summed E-state index contributed by atoms with van der Waals surface area (Å²) >= 11 is 0. The first kappa shape index (κ1) is 16.3. The third kappa shape index (κ3) is 3.75. The molecule has 1 aliphatic carbocycles. The summed E-state index contributed by atoms with van der Waals surface area (Å²) in [5.41, 5.74) is 0. The van der Waals surface area contributed by atoms with Crippen molar-refractivity contribution >= 4 is 0 Å². The van der Waals surface area contributed by atoms with Crippen LogP contribution < -0.4 is 5.32 Å². The van der Waals surface area contributed by atoms with E-state index in [1.54, 1.807) is 0 Å². The van der Waals surface area contributed by atoms with Gasteiger partial charge in [-0.2, -0.15) is 0 Å². The van der Waals surface area contributed by atoms with Crippen molar-refractivity contribution in [1.82, 2.24) is 15.1 Å². The van der Waals surface area contributed by atoms with Crippen LogP contribution in [0.15, 0.2) is 0 Å². The van der Waals surface area contributed by atoms with Crippen molar-refractivity contribution in [3.8, 4) is 0 Å². The smallest absolute Gasteiger partial charge is 0.0278 e. The van der Waals surface area contributed by atoms with Crippen LogP contribution in [-0.2, 0) is 0 Å². The molecular formula is C17H35N3. The van der Waals surface area contributed by atoms with Crippen molar-refractivity contribution in [2.24, 2.45) is 11.8 Å². The number of hydrogen-bond acceptors (Lipinski definition) is 3. The summed E-state index contributed by atoms with van der Waals surface area (Å²) in [6, 6.07) is 2.10. The van der Waals surface area contributed by atoms with Gasteiger partial charge < -0.3 is 10.2 Å². The number of nitrogens with zero attached hydrogens (tertiary/aromatic N) is 2. The van der Waals surface area contributed by atoms with Crippen LogP contribution in [0, 0.1) is 11.8 Å². The van der Waals surface area contributed by atoms with Gasteiger partial charge in [0, 0.05) is 31.2 Å². The Kier molecular flexibility index (Phi) is 5.88. The molecule has 1 heterocycles. The Morgan fingerprint density at radius 1 is 1.10 bits per heavy atom. The molecule has 1 aliphatic heterocycles. The van der Waals surface area contributed by atoms with E-state index in [4.69, 9.17) is 0 Å². The van der Waals surface area contributed by atoms with E-state index in [1.807, 2.05) is 0 Å². The molecule has 1 saturated heterocycles. The molecule has 2 fully saturated rings. The van der Waals surface area contributed by atoms with Gasteiger partial charge in [0.05, 0.1) is 0 Å². The summed E-state index contributed by atoms with van der Waals surface area (Å²) < 4.78 is 0. The molecule has 2 aliphatic rings. The number of rotatable bonds is 3. The molecule has 3 nitrogen and oxygen atoms in total. The van der Waals surface area contributed by atoms with E-state index in [-0.39, 0.29) is 0 Å². The molecule has 5 atom stereocenters. The first-order chi connectivity index (χ1) is 9.52. The summed E-state index contributed by atoms with van der Waals surface area (Å²) in [7, 11) is 2.27. The van der Waals surface area contributed by atoms with Gasteiger partial charge in [0.15, 0.2) is 0 Å². The second-order valence-corrected chi connectivity index (χ2v) is 7.41. The monoisotopic (exact) mass is 281 g/mol. The van der Waals surface area contributed by atoms with Crippen LogP contribution in [0.4, 0.5) is 0 Å². The Balaban J connectivity index is 2.12. The van der Waals surface area contributed by atoms with E-state index in [1.165, 1.54) is 38.9 Å². The molecule has 0 bridgehead atoms. The second-order valence-electron chi connectivity index (χ2n) is 7.41. The van der Waals surface area contributed by atoms with E-state index in [0.29, 0.717) is 12.1 Å². The Labute approximate surface area is 126 Å². The molecule has 0 aromatic carbocycles. The predicted molar refractivity (Wildman–Crippen MR) is 87.1 cm³/mol. The molecule has 3 heteroatoms. The lowest BCUT2D eigenvalue weighted by atomic mass is 9.75. The molecule has 118 valence electrons. The van der Waals surface area contributed by atoms with Gasteiger partial charge in [-0.3, -0.25) is 4.90 Å². The van der Waals surface area contributed by atoms with Gasteiger partial charge in [-0.25, -0.2) is 0 Å². The lowest BCUT2D eigenvalue weighted by Crippen LogP contribution is -2.59. The Bertz CT molecular complexity index is 294. The molecule has 1 saturated carbocycles. The zero-order chi connectivity index (χ0) is 14.7. The van der Waals surface area contributed by atoms with Crippen molar-refractivity contribution < 1.29 is 0 Å². The first-order valence-corrected chi connectivity index (χ1v) is 8.70. The zero-order valence-corrected chi connectivity index (χ0v) is 14.2. The molecular weight excluding hydrogens is 246 g/mol. The fourth-order valence-electron chi connectivity index (χ4n) is 4.70. The van der Waals surface area contributed by atoms with Crippen molar-refractivity contribution in [3.05, 3.63) is 0 Å². The summed E-state index contributed by atoms with van der Waals surface area (Å²) in [6.45, 7) is 14.4. The molecule has 0 radical (unpaired) electrons. The second kappa shape index (κ2) is 7.24. The third-order valence-electron chi connectivity index (χ3n) is 5.37. The molecule has 2 rings (SSSR count). The van der Waals surface area contributed by atoms with Crippen LogP contribution in [0.1, 0.15) is 47.0 Å². The van der Waals surface area contributed by atoms with E-state index < -0.39 is 0 Å². The van der Waals surface area contributed by atoms with Crippen LogP contribution in [0.2, 0.25) is 0 Å². The summed E-state index contributed by atoms with van der Waals surface area (Å²) in [5.74, 6) is 1.68. The first-order valence-electron chi connectivity index (χ1n) is 8.70. The van der Waals surface area contributed by atoms with E-state index >= 15 is 0 Å². The topological polar surface area (TPSA) is 18.5 Å². The Morgan fingerprint density at radius 3 is 2.55 bits per heavy atom. The maximum atomic E-state index is 3.79. The van der Waals surface area contributed by atoms with Crippen LogP contribution in [0.3, 0.4) is 0 Å². The van der Waals surface area contributed by atoms with Crippen molar-refractivity contribution in [2.45, 2.75) is 65.1 Å². The fraction of sp³-hybridized carbons (Fsp3) is 1.00. The van der Waals surface area contributed by atoms with Crippen molar-refractivity contribution in [3.63, 3.8) is 0 Å². The highest BCUT2D eigenvalue weighted by molar-refractivity contribution is 4.96. The summed E-state index contributed by atoms with van der Waals surface area (Å²) in [6.07, 6.45) is 4.06. The number of hydrogen-bond donors (Lipinski definition) is 1. The van der Waals surface area contributed by atoms with E-state index in [9.17, 15) is 0 Å². The van der Waals surface area contributed by atoms with Gasteiger partial charge in [-0.1, -0.05) is 20.8 Å². The highest BCUT2D eigenvalue weighted by Gasteiger charge is 2.39. The molecule has 0 amide bonds. The van der Waals surface area contributed by atoms with Gasteiger partial charge in [-0.05, 0) is 58.2 Å². The third-order valence-corrected chi connectivity index (χ3v) is 5.37. The SMILES string of the molecule is CCNC1CC(C)CC(C)C1N1CCCN(C)CC1C. The summed E-state index contributed by atoms with van der Waals surface area (Å²) in [5, 5.41) is 3.79. The van der Waals surface area contributed by atoms with Gasteiger partial charge in [-0.15, -0.1) is 0 Å². The van der Waals surface area contributed by atoms with Gasteiger partial charge in [0.1, 0.15) is 0 Å².